The van der Waals surface area contributed by atoms with Crippen molar-refractivity contribution in [3.05, 3.63) is 0 Å². The molecule has 0 spiro atoms. The molecule has 0 aromatic carbocycles. The molecule has 0 saturated heterocycles. The molecule has 4 nitrogen and oxygen atoms in total. The van der Waals surface area contributed by atoms with Crippen molar-refractivity contribution < 1.29 is 14.3 Å². The summed E-state index contributed by atoms with van der Waals surface area (Å²) in [6.07, 6.45) is 4.68. The molecule has 74 valence electrons. The summed E-state index contributed by atoms with van der Waals surface area (Å²) in [4.78, 5) is 21.3. The fourth-order valence-corrected chi connectivity index (χ4v) is 1.55. The molecule has 1 aliphatic carbocycles. The quantitative estimate of drug-likeness (QED) is 0.517. The van der Waals surface area contributed by atoms with Crippen molar-refractivity contribution in [2.24, 2.45) is 0 Å². The second kappa shape index (κ2) is 4.97. The third kappa shape index (κ3) is 4.03. The molecule has 13 heavy (non-hydrogen) atoms. The Hall–Kier alpha value is -0.900. The van der Waals surface area contributed by atoms with E-state index in [9.17, 15) is 9.59 Å². The van der Waals surface area contributed by atoms with Crippen molar-refractivity contribution in [3.8, 4) is 0 Å². The average molecular weight is 185 g/mol. The molecular weight excluding hydrogens is 170 g/mol. The van der Waals surface area contributed by atoms with E-state index >= 15 is 0 Å². The molecule has 0 aromatic heterocycles. The number of nitrogens with one attached hydrogen (secondary N) is 1. The van der Waals surface area contributed by atoms with Gasteiger partial charge in [0.15, 0.2) is 0 Å². The minimum Gasteiger partial charge on any atom is -0.392 e. The van der Waals surface area contributed by atoms with Gasteiger partial charge in [-0.05, 0) is 12.8 Å². The van der Waals surface area contributed by atoms with Crippen molar-refractivity contribution in [1.82, 2.24) is 5.32 Å². The first-order valence-corrected chi connectivity index (χ1v) is 4.63. The van der Waals surface area contributed by atoms with Crippen molar-refractivity contribution in [3.63, 3.8) is 0 Å². The van der Waals surface area contributed by atoms with Gasteiger partial charge in [-0.2, -0.15) is 0 Å². The van der Waals surface area contributed by atoms with Crippen LogP contribution in [0.3, 0.4) is 0 Å². The molecule has 0 atom stereocenters. The zero-order valence-corrected chi connectivity index (χ0v) is 7.84. The smallest absolute Gasteiger partial charge is 0.327 e. The van der Waals surface area contributed by atoms with Gasteiger partial charge in [0.2, 0.25) is 0 Å². The number of esters is 2. The number of hydrogen-bond donors (Lipinski definition) is 1. The van der Waals surface area contributed by atoms with Crippen molar-refractivity contribution in [1.29, 1.82) is 0 Å². The van der Waals surface area contributed by atoms with E-state index in [2.05, 4.69) is 10.1 Å². The van der Waals surface area contributed by atoms with E-state index in [0.29, 0.717) is 6.04 Å². The van der Waals surface area contributed by atoms with Crippen LogP contribution in [0.4, 0.5) is 0 Å². The van der Waals surface area contributed by atoms with Crippen LogP contribution in [-0.4, -0.2) is 24.5 Å². The summed E-state index contributed by atoms with van der Waals surface area (Å²) in [5.41, 5.74) is 0. The Morgan fingerprint density at radius 3 is 2.54 bits per heavy atom. The van der Waals surface area contributed by atoms with Crippen LogP contribution in [0.1, 0.15) is 32.6 Å². The molecule has 0 radical (unpaired) electrons. The normalized spacial score (nSPS) is 17.3. The molecule has 0 heterocycles. The minimum atomic E-state index is -0.543. The molecule has 1 N–H and O–H groups in total. The number of hydrogen-bond acceptors (Lipinski definition) is 4. The molecule has 1 aliphatic rings. The van der Waals surface area contributed by atoms with Crippen LogP contribution >= 0.6 is 0 Å². The van der Waals surface area contributed by atoms with E-state index in [1.54, 1.807) is 0 Å². The largest absolute Gasteiger partial charge is 0.392 e. The molecule has 0 bridgehead atoms. The highest BCUT2D eigenvalue weighted by atomic mass is 16.6. The zero-order chi connectivity index (χ0) is 9.68. The van der Waals surface area contributed by atoms with Gasteiger partial charge in [0.05, 0.1) is 6.54 Å². The van der Waals surface area contributed by atoms with Gasteiger partial charge < -0.3 is 10.1 Å². The zero-order valence-electron chi connectivity index (χ0n) is 7.84. The second-order valence-corrected chi connectivity index (χ2v) is 3.33. The van der Waals surface area contributed by atoms with E-state index in [-0.39, 0.29) is 6.54 Å². The van der Waals surface area contributed by atoms with Crippen LogP contribution < -0.4 is 5.32 Å². The Bertz CT molecular complexity index is 197. The molecule has 1 saturated carbocycles. The van der Waals surface area contributed by atoms with Crippen molar-refractivity contribution >= 4 is 11.9 Å². The van der Waals surface area contributed by atoms with Gasteiger partial charge >= 0.3 is 11.9 Å². The topological polar surface area (TPSA) is 55.4 Å². The molecule has 4 heteroatoms. The molecule has 0 amide bonds. The van der Waals surface area contributed by atoms with E-state index in [1.807, 2.05) is 0 Å². The van der Waals surface area contributed by atoms with Crippen molar-refractivity contribution in [2.45, 2.75) is 38.6 Å². The highest BCUT2D eigenvalue weighted by molar-refractivity contribution is 5.85. The number of ether oxygens (including phenoxy) is 1. The minimum absolute atomic E-state index is 0.143. The maximum atomic E-state index is 10.9. The maximum Gasteiger partial charge on any atom is 0.327 e. The average Bonchev–Trinajstić information content (AvgIpc) is 2.51. The SMILES string of the molecule is CC(=O)OC(=O)CNC1CCCC1. The van der Waals surface area contributed by atoms with Gasteiger partial charge in [-0.25, -0.2) is 0 Å². The lowest BCUT2D eigenvalue weighted by molar-refractivity contribution is -0.157. The summed E-state index contributed by atoms with van der Waals surface area (Å²) >= 11 is 0. The van der Waals surface area contributed by atoms with E-state index in [1.165, 1.54) is 19.8 Å². The molecule has 1 fully saturated rings. The summed E-state index contributed by atoms with van der Waals surface area (Å²) in [5.74, 6) is -1.03. The van der Waals surface area contributed by atoms with Crippen LogP contribution in [0.5, 0.6) is 0 Å². The predicted molar refractivity (Wildman–Crippen MR) is 47.0 cm³/mol. The van der Waals surface area contributed by atoms with Crippen LogP contribution in [0.25, 0.3) is 0 Å². The van der Waals surface area contributed by atoms with E-state index in [4.69, 9.17) is 0 Å². The summed E-state index contributed by atoms with van der Waals surface area (Å²) in [6.45, 7) is 1.37. The number of carbonyl (C=O) groups is 2. The van der Waals surface area contributed by atoms with E-state index < -0.39 is 11.9 Å². The van der Waals surface area contributed by atoms with Gasteiger partial charge in [-0.1, -0.05) is 12.8 Å². The Balaban J connectivity index is 2.10. The monoisotopic (exact) mass is 185 g/mol. The van der Waals surface area contributed by atoms with E-state index in [0.717, 1.165) is 12.8 Å². The maximum absolute atomic E-state index is 10.9. The Labute approximate surface area is 77.6 Å². The Morgan fingerprint density at radius 2 is 2.00 bits per heavy atom. The Morgan fingerprint density at radius 1 is 1.38 bits per heavy atom. The summed E-state index contributed by atoms with van der Waals surface area (Å²) < 4.78 is 4.37. The van der Waals surface area contributed by atoms with Gasteiger partial charge in [0, 0.05) is 13.0 Å². The first kappa shape index (κ1) is 10.2. The lowest BCUT2D eigenvalue weighted by Gasteiger charge is -2.09. The summed E-state index contributed by atoms with van der Waals surface area (Å²) in [5, 5.41) is 3.06. The fourth-order valence-electron chi connectivity index (χ4n) is 1.55. The highest BCUT2D eigenvalue weighted by Crippen LogP contribution is 2.17. The van der Waals surface area contributed by atoms with Crippen LogP contribution in [0, 0.1) is 0 Å². The molecule has 0 aliphatic heterocycles. The molecule has 0 unspecified atom stereocenters. The first-order valence-electron chi connectivity index (χ1n) is 4.63. The predicted octanol–water partition coefficient (Wildman–Crippen LogP) is 0.608. The summed E-state index contributed by atoms with van der Waals surface area (Å²) in [6, 6.07) is 0.430. The Kier molecular flexibility index (Phi) is 3.89. The number of carbonyl (C=O) groups excluding carboxylic acids is 2. The molecular formula is C9H15NO3. The number of rotatable bonds is 3. The summed E-state index contributed by atoms with van der Waals surface area (Å²) in [7, 11) is 0. The van der Waals surface area contributed by atoms with Crippen LogP contribution in [0.15, 0.2) is 0 Å². The van der Waals surface area contributed by atoms with Crippen molar-refractivity contribution in [2.75, 3.05) is 6.54 Å². The molecule has 1 rings (SSSR count). The first-order chi connectivity index (χ1) is 6.18. The van der Waals surface area contributed by atoms with Crippen LogP contribution in [0.2, 0.25) is 0 Å². The van der Waals surface area contributed by atoms with Gasteiger partial charge in [-0.15, -0.1) is 0 Å². The molecule has 0 aromatic rings. The highest BCUT2D eigenvalue weighted by Gasteiger charge is 2.15. The third-order valence-electron chi connectivity index (χ3n) is 2.15. The third-order valence-corrected chi connectivity index (χ3v) is 2.15. The lowest BCUT2D eigenvalue weighted by Crippen LogP contribution is -2.33. The van der Waals surface area contributed by atoms with Gasteiger partial charge in [-0.3, -0.25) is 9.59 Å². The lowest BCUT2D eigenvalue weighted by atomic mass is 10.2. The van der Waals surface area contributed by atoms with Crippen LogP contribution in [-0.2, 0) is 14.3 Å². The fraction of sp³-hybridized carbons (Fsp3) is 0.778. The second-order valence-electron chi connectivity index (χ2n) is 3.33. The van der Waals surface area contributed by atoms with Gasteiger partial charge in [0.25, 0.3) is 0 Å². The van der Waals surface area contributed by atoms with Gasteiger partial charge in [0.1, 0.15) is 0 Å². The standard InChI is InChI=1S/C9H15NO3/c1-7(11)13-9(12)6-10-8-4-2-3-5-8/h8,10H,2-6H2,1H3.